The molecule has 1 rings (SSSR count). The number of hydrogen-bond donors (Lipinski definition) is 1. The number of thioether (sulfide) groups is 1. The van der Waals surface area contributed by atoms with Crippen molar-refractivity contribution in [2.75, 3.05) is 5.75 Å². The Labute approximate surface area is 127 Å². The normalized spacial score (nSPS) is 14.5. The zero-order valence-electron chi connectivity index (χ0n) is 12.0. The van der Waals surface area contributed by atoms with Crippen LogP contribution in [0.25, 0.3) is 0 Å². The van der Waals surface area contributed by atoms with Gasteiger partial charge in [-0.15, -0.1) is 16.8 Å². The van der Waals surface area contributed by atoms with Crippen molar-refractivity contribution < 1.29 is 24.0 Å². The standard InChI is InChI=1S/C13H18N2O5S/c1-8(2)14-13(19)9(3)21-7-6-12(18)20-15-10(16)4-5-11(15)17/h8H,3-7H2,1-2H3,(H,14,19). The molecule has 3 amide bonds. The summed E-state index contributed by atoms with van der Waals surface area (Å²) < 4.78 is 0. The molecule has 1 heterocycles. The molecule has 0 atom stereocenters. The van der Waals surface area contributed by atoms with Crippen LogP contribution in [0.3, 0.4) is 0 Å². The number of nitrogens with one attached hydrogen (secondary N) is 1. The van der Waals surface area contributed by atoms with Gasteiger partial charge in [0.25, 0.3) is 17.7 Å². The molecule has 21 heavy (non-hydrogen) atoms. The first-order chi connectivity index (χ1) is 9.81. The number of imide groups is 1. The highest BCUT2D eigenvalue weighted by Crippen LogP contribution is 2.17. The van der Waals surface area contributed by atoms with E-state index in [1.165, 1.54) is 0 Å². The van der Waals surface area contributed by atoms with Gasteiger partial charge >= 0.3 is 5.97 Å². The summed E-state index contributed by atoms with van der Waals surface area (Å²) in [5.74, 6) is -1.72. The predicted octanol–water partition coefficient (Wildman–Crippen LogP) is 0.755. The lowest BCUT2D eigenvalue weighted by molar-refractivity contribution is -0.197. The van der Waals surface area contributed by atoms with E-state index in [0.717, 1.165) is 11.8 Å². The van der Waals surface area contributed by atoms with Crippen molar-refractivity contribution in [2.24, 2.45) is 0 Å². The monoisotopic (exact) mass is 314 g/mol. The van der Waals surface area contributed by atoms with E-state index < -0.39 is 17.8 Å². The van der Waals surface area contributed by atoms with Crippen molar-refractivity contribution in [2.45, 2.75) is 39.2 Å². The molecule has 1 N–H and O–H groups in total. The van der Waals surface area contributed by atoms with Gasteiger partial charge in [-0.05, 0) is 13.8 Å². The van der Waals surface area contributed by atoms with Gasteiger partial charge < -0.3 is 10.2 Å². The molecule has 0 unspecified atom stereocenters. The third kappa shape index (κ3) is 5.58. The van der Waals surface area contributed by atoms with E-state index in [1.54, 1.807) is 0 Å². The average Bonchev–Trinajstić information content (AvgIpc) is 2.69. The average molecular weight is 314 g/mol. The molecule has 1 aliphatic rings. The molecule has 0 spiro atoms. The fourth-order valence-corrected chi connectivity index (χ4v) is 2.18. The molecule has 0 aromatic rings. The molecule has 0 aromatic heterocycles. The van der Waals surface area contributed by atoms with Crippen molar-refractivity contribution in [3.8, 4) is 0 Å². The number of rotatable bonds is 7. The third-order valence-corrected chi connectivity index (χ3v) is 3.40. The molecule has 0 radical (unpaired) electrons. The highest BCUT2D eigenvalue weighted by Gasteiger charge is 2.32. The van der Waals surface area contributed by atoms with E-state index in [9.17, 15) is 19.2 Å². The Morgan fingerprint density at radius 3 is 2.43 bits per heavy atom. The van der Waals surface area contributed by atoms with Crippen LogP contribution in [0, 0.1) is 0 Å². The van der Waals surface area contributed by atoms with Crippen molar-refractivity contribution in [3.05, 3.63) is 11.5 Å². The molecule has 0 saturated carbocycles. The van der Waals surface area contributed by atoms with Gasteiger partial charge in [0.05, 0.1) is 11.3 Å². The highest BCUT2D eigenvalue weighted by molar-refractivity contribution is 8.03. The van der Waals surface area contributed by atoms with Crippen molar-refractivity contribution >= 4 is 35.5 Å². The maximum atomic E-state index is 11.5. The Kier molecular flexibility index (Phi) is 6.41. The minimum absolute atomic E-state index is 0.00649. The lowest BCUT2D eigenvalue weighted by Gasteiger charge is -2.12. The largest absolute Gasteiger partial charge is 0.349 e. The van der Waals surface area contributed by atoms with E-state index in [-0.39, 0.29) is 37.0 Å². The quantitative estimate of drug-likeness (QED) is 0.551. The summed E-state index contributed by atoms with van der Waals surface area (Å²) >= 11 is 1.12. The van der Waals surface area contributed by atoms with Gasteiger partial charge in [0, 0.05) is 24.6 Å². The number of amides is 3. The summed E-state index contributed by atoms with van der Waals surface area (Å²) in [6.45, 7) is 7.27. The fourth-order valence-electron chi connectivity index (χ4n) is 1.47. The smallest absolute Gasteiger partial charge is 0.334 e. The van der Waals surface area contributed by atoms with Crippen molar-refractivity contribution in [3.63, 3.8) is 0 Å². The van der Waals surface area contributed by atoms with Gasteiger partial charge in [-0.1, -0.05) is 6.58 Å². The number of carbonyl (C=O) groups excluding carboxylic acids is 4. The van der Waals surface area contributed by atoms with Crippen LogP contribution in [0.4, 0.5) is 0 Å². The first-order valence-corrected chi connectivity index (χ1v) is 7.49. The van der Waals surface area contributed by atoms with Crippen molar-refractivity contribution in [1.29, 1.82) is 0 Å². The van der Waals surface area contributed by atoms with Gasteiger partial charge in [0.2, 0.25) is 0 Å². The second-order valence-corrected chi connectivity index (χ2v) is 5.88. The van der Waals surface area contributed by atoms with Crippen LogP contribution in [0.5, 0.6) is 0 Å². The highest BCUT2D eigenvalue weighted by atomic mass is 32.2. The maximum Gasteiger partial charge on any atom is 0.334 e. The molecular formula is C13H18N2O5S. The Balaban J connectivity index is 2.27. The molecule has 0 aliphatic carbocycles. The first-order valence-electron chi connectivity index (χ1n) is 6.50. The van der Waals surface area contributed by atoms with Crippen molar-refractivity contribution in [1.82, 2.24) is 10.4 Å². The molecule has 8 heteroatoms. The van der Waals surface area contributed by atoms with E-state index in [2.05, 4.69) is 11.9 Å². The first kappa shape index (κ1) is 17.2. The minimum atomic E-state index is -0.692. The topological polar surface area (TPSA) is 92.8 Å². The summed E-state index contributed by atoms with van der Waals surface area (Å²) in [6.07, 6.45) is 0.0930. The second kappa shape index (κ2) is 7.82. The van der Waals surface area contributed by atoms with Gasteiger partial charge in [0.1, 0.15) is 0 Å². The Hall–Kier alpha value is -1.83. The van der Waals surface area contributed by atoms with Gasteiger partial charge in [-0.2, -0.15) is 0 Å². The number of nitrogens with zero attached hydrogens (tertiary/aromatic N) is 1. The molecule has 1 fully saturated rings. The maximum absolute atomic E-state index is 11.5. The summed E-state index contributed by atoms with van der Waals surface area (Å²) in [5.41, 5.74) is 0. The van der Waals surface area contributed by atoms with Gasteiger partial charge in [-0.25, -0.2) is 4.79 Å². The Morgan fingerprint density at radius 1 is 1.33 bits per heavy atom. The molecule has 1 saturated heterocycles. The minimum Gasteiger partial charge on any atom is -0.349 e. The number of carbonyl (C=O) groups is 4. The molecule has 0 aromatic carbocycles. The van der Waals surface area contributed by atoms with Crippen LogP contribution in [0.15, 0.2) is 11.5 Å². The zero-order valence-corrected chi connectivity index (χ0v) is 12.8. The van der Waals surface area contributed by atoms with Crippen LogP contribution < -0.4 is 5.32 Å². The van der Waals surface area contributed by atoms with Gasteiger partial charge in [-0.3, -0.25) is 14.4 Å². The molecule has 1 aliphatic heterocycles. The summed E-state index contributed by atoms with van der Waals surface area (Å²) in [5, 5.41) is 3.19. The lowest BCUT2D eigenvalue weighted by Crippen LogP contribution is -2.32. The Bertz CT molecular complexity index is 459. The van der Waals surface area contributed by atoms with Crippen LogP contribution >= 0.6 is 11.8 Å². The molecule has 116 valence electrons. The molecular weight excluding hydrogens is 296 g/mol. The van der Waals surface area contributed by atoms with Crippen LogP contribution in [-0.2, 0) is 24.0 Å². The molecule has 0 bridgehead atoms. The number of hydrogen-bond acceptors (Lipinski definition) is 6. The number of hydroxylamine groups is 2. The molecule has 7 nitrogen and oxygen atoms in total. The summed E-state index contributed by atoms with van der Waals surface area (Å²) in [7, 11) is 0. The van der Waals surface area contributed by atoms with Crippen LogP contribution in [0.2, 0.25) is 0 Å². The van der Waals surface area contributed by atoms with E-state index in [1.807, 2.05) is 13.8 Å². The zero-order chi connectivity index (χ0) is 16.0. The second-order valence-electron chi connectivity index (χ2n) is 4.69. The van der Waals surface area contributed by atoms with E-state index in [4.69, 9.17) is 4.84 Å². The van der Waals surface area contributed by atoms with E-state index in [0.29, 0.717) is 9.97 Å². The lowest BCUT2D eigenvalue weighted by atomic mass is 10.4. The predicted molar refractivity (Wildman–Crippen MR) is 76.7 cm³/mol. The summed E-state index contributed by atoms with van der Waals surface area (Å²) in [6, 6.07) is 0.00649. The summed E-state index contributed by atoms with van der Waals surface area (Å²) in [4.78, 5) is 50.5. The van der Waals surface area contributed by atoms with E-state index >= 15 is 0 Å². The van der Waals surface area contributed by atoms with Crippen LogP contribution in [0.1, 0.15) is 33.1 Å². The fraction of sp³-hybridized carbons (Fsp3) is 0.538. The third-order valence-electron chi connectivity index (χ3n) is 2.45. The van der Waals surface area contributed by atoms with Gasteiger partial charge in [0.15, 0.2) is 0 Å². The van der Waals surface area contributed by atoms with Crippen LogP contribution in [-0.4, -0.2) is 40.5 Å². The Morgan fingerprint density at radius 2 is 1.90 bits per heavy atom. The SMILES string of the molecule is C=C(SCCC(=O)ON1C(=O)CCC1=O)C(=O)NC(C)C.